The fourth-order valence-corrected chi connectivity index (χ4v) is 2.62. The highest BCUT2D eigenvalue weighted by Crippen LogP contribution is 2.44. The van der Waals surface area contributed by atoms with Crippen LogP contribution in [0.25, 0.3) is 0 Å². The van der Waals surface area contributed by atoms with Gasteiger partial charge < -0.3 is 10.2 Å². The van der Waals surface area contributed by atoms with E-state index in [0.29, 0.717) is 12.0 Å². The van der Waals surface area contributed by atoms with Gasteiger partial charge in [0.2, 0.25) is 5.43 Å². The maximum atomic E-state index is 11.6. The molecule has 0 fully saturated rings. The van der Waals surface area contributed by atoms with Crippen molar-refractivity contribution in [2.24, 2.45) is 0 Å². The van der Waals surface area contributed by atoms with E-state index < -0.39 is 11.0 Å². The molecule has 1 aromatic carbocycles. The number of rotatable bonds is 1. The summed E-state index contributed by atoms with van der Waals surface area (Å²) in [4.78, 5) is 11.6. The van der Waals surface area contributed by atoms with Crippen molar-refractivity contribution in [2.75, 3.05) is 0 Å². The molecule has 0 radical (unpaired) electrons. The van der Waals surface area contributed by atoms with Crippen molar-refractivity contribution in [3.05, 3.63) is 51.2 Å². The minimum absolute atomic E-state index is 0.0891. The van der Waals surface area contributed by atoms with E-state index in [1.54, 1.807) is 13.0 Å². The average Bonchev–Trinajstić information content (AvgIpc) is 2.38. The fourth-order valence-electron chi connectivity index (χ4n) is 2.62. The number of hydrogen-bond donors (Lipinski definition) is 2. The molecular formula is C15H18O3. The Kier molecular flexibility index (Phi) is 3.03. The molecule has 0 spiro atoms. The Bertz CT molecular complexity index is 566. The third-order valence-corrected chi connectivity index (χ3v) is 3.39. The van der Waals surface area contributed by atoms with Gasteiger partial charge >= 0.3 is 0 Å². The zero-order valence-corrected chi connectivity index (χ0v) is 10.9. The predicted octanol–water partition coefficient (Wildman–Crippen LogP) is 2.41. The molecule has 2 rings (SSSR count). The van der Waals surface area contributed by atoms with Crippen LogP contribution < -0.4 is 5.43 Å². The Hall–Kier alpha value is -1.61. The van der Waals surface area contributed by atoms with E-state index in [2.05, 4.69) is 6.08 Å². The average molecular weight is 246 g/mol. The Morgan fingerprint density at radius 1 is 1.44 bits per heavy atom. The predicted molar refractivity (Wildman–Crippen MR) is 70.7 cm³/mol. The molecule has 1 aromatic rings. The monoisotopic (exact) mass is 246 g/mol. The van der Waals surface area contributed by atoms with E-state index in [9.17, 15) is 15.0 Å². The lowest BCUT2D eigenvalue weighted by Crippen LogP contribution is -2.17. The van der Waals surface area contributed by atoms with Gasteiger partial charge in [0.1, 0.15) is 0 Å². The van der Waals surface area contributed by atoms with Gasteiger partial charge in [0.05, 0.1) is 5.60 Å². The summed E-state index contributed by atoms with van der Waals surface area (Å²) in [5.74, 6) is -0.192. The summed E-state index contributed by atoms with van der Waals surface area (Å²) in [5, 5.41) is 19.9. The highest BCUT2D eigenvalue weighted by molar-refractivity contribution is 5.44. The summed E-state index contributed by atoms with van der Waals surface area (Å²) in [7, 11) is 0. The molecule has 2 N–H and O–H groups in total. The van der Waals surface area contributed by atoms with Gasteiger partial charge in [0, 0.05) is 5.92 Å². The second-order valence-electron chi connectivity index (χ2n) is 5.42. The van der Waals surface area contributed by atoms with E-state index >= 15 is 0 Å². The second kappa shape index (κ2) is 4.25. The van der Waals surface area contributed by atoms with Crippen LogP contribution in [0.3, 0.4) is 0 Å². The molecule has 0 unspecified atom stereocenters. The van der Waals surface area contributed by atoms with Crippen LogP contribution in [0.2, 0.25) is 0 Å². The van der Waals surface area contributed by atoms with E-state index in [1.807, 2.05) is 13.8 Å². The Balaban J connectivity index is 2.68. The molecule has 3 nitrogen and oxygen atoms in total. The smallest absolute Gasteiger partial charge is 0.220 e. The van der Waals surface area contributed by atoms with Crippen molar-refractivity contribution in [3.63, 3.8) is 0 Å². The quantitative estimate of drug-likeness (QED) is 0.748. The number of fused-ring (bicyclic) bond motifs is 1. The molecule has 0 aromatic heterocycles. The fraction of sp³-hybridized carbons (Fsp3) is 0.400. The van der Waals surface area contributed by atoms with Gasteiger partial charge in [-0.25, -0.2) is 0 Å². The lowest BCUT2D eigenvalue weighted by Gasteiger charge is -2.16. The minimum atomic E-state index is -1.02. The minimum Gasteiger partial charge on any atom is -0.504 e. The summed E-state index contributed by atoms with van der Waals surface area (Å²) in [6.07, 6.45) is 2.65. The van der Waals surface area contributed by atoms with Gasteiger partial charge in [-0.3, -0.25) is 4.79 Å². The standard InChI is InChI=1S/C15H18O3/c1-9(2)6-10-8-15(3,18)12-7-14(17)13(16)5-4-11(10)12/h4-7,10,18H,8H2,1-3H3,(H,16,17)/t10-,15-/m0/s1. The van der Waals surface area contributed by atoms with E-state index in [-0.39, 0.29) is 11.7 Å². The molecule has 0 amide bonds. The summed E-state index contributed by atoms with van der Waals surface area (Å²) in [6, 6.07) is 4.50. The van der Waals surface area contributed by atoms with Crippen molar-refractivity contribution in [1.29, 1.82) is 0 Å². The third-order valence-electron chi connectivity index (χ3n) is 3.39. The van der Waals surface area contributed by atoms with Crippen LogP contribution in [-0.2, 0) is 5.60 Å². The molecule has 0 bridgehead atoms. The molecule has 3 heteroatoms. The molecule has 0 heterocycles. The first-order chi connectivity index (χ1) is 8.31. The second-order valence-corrected chi connectivity index (χ2v) is 5.42. The van der Waals surface area contributed by atoms with Crippen LogP contribution in [0.5, 0.6) is 5.75 Å². The molecule has 1 aliphatic rings. The summed E-state index contributed by atoms with van der Waals surface area (Å²) >= 11 is 0. The van der Waals surface area contributed by atoms with E-state index in [4.69, 9.17) is 0 Å². The highest BCUT2D eigenvalue weighted by Gasteiger charge is 2.37. The molecule has 0 aliphatic heterocycles. The number of hydrogen-bond acceptors (Lipinski definition) is 3. The highest BCUT2D eigenvalue weighted by atomic mass is 16.3. The number of aliphatic hydroxyl groups is 1. The molecule has 2 atom stereocenters. The van der Waals surface area contributed by atoms with Crippen molar-refractivity contribution in [2.45, 2.75) is 38.7 Å². The van der Waals surface area contributed by atoms with Crippen LogP contribution in [0.1, 0.15) is 44.2 Å². The first-order valence-electron chi connectivity index (χ1n) is 6.06. The lowest BCUT2D eigenvalue weighted by atomic mass is 9.97. The Morgan fingerprint density at radius 2 is 2.11 bits per heavy atom. The first kappa shape index (κ1) is 12.8. The van der Waals surface area contributed by atoms with Crippen molar-refractivity contribution < 1.29 is 10.2 Å². The van der Waals surface area contributed by atoms with Crippen LogP contribution in [0.4, 0.5) is 0 Å². The van der Waals surface area contributed by atoms with Crippen molar-refractivity contribution in [3.8, 4) is 5.75 Å². The third kappa shape index (κ3) is 2.18. The Labute approximate surface area is 106 Å². The van der Waals surface area contributed by atoms with E-state index in [0.717, 1.165) is 5.56 Å². The molecule has 18 heavy (non-hydrogen) atoms. The SMILES string of the molecule is CC(C)=C[C@H]1C[C@](C)(O)c2cc(=O)c(O)ccc21. The normalized spacial score (nSPS) is 25.7. The van der Waals surface area contributed by atoms with Gasteiger partial charge in [0.15, 0.2) is 5.75 Å². The van der Waals surface area contributed by atoms with Gasteiger partial charge in [0.25, 0.3) is 0 Å². The number of aromatic hydroxyl groups is 1. The van der Waals surface area contributed by atoms with Gasteiger partial charge in [-0.1, -0.05) is 17.7 Å². The number of allylic oxidation sites excluding steroid dienone is 2. The van der Waals surface area contributed by atoms with Crippen LogP contribution in [-0.4, -0.2) is 10.2 Å². The maximum absolute atomic E-state index is 11.6. The Morgan fingerprint density at radius 3 is 2.72 bits per heavy atom. The zero-order valence-electron chi connectivity index (χ0n) is 10.9. The topological polar surface area (TPSA) is 57.5 Å². The summed E-state index contributed by atoms with van der Waals surface area (Å²) in [6.45, 7) is 5.72. The molecule has 96 valence electrons. The van der Waals surface area contributed by atoms with Crippen molar-refractivity contribution in [1.82, 2.24) is 0 Å². The van der Waals surface area contributed by atoms with Crippen LogP contribution in [0, 0.1) is 0 Å². The largest absolute Gasteiger partial charge is 0.504 e. The van der Waals surface area contributed by atoms with Crippen LogP contribution in [0.15, 0.2) is 34.6 Å². The molecule has 0 saturated carbocycles. The molecule has 1 aliphatic carbocycles. The van der Waals surface area contributed by atoms with Gasteiger partial charge in [-0.05, 0) is 50.5 Å². The lowest BCUT2D eigenvalue weighted by molar-refractivity contribution is 0.0567. The summed E-state index contributed by atoms with van der Waals surface area (Å²) < 4.78 is 0. The first-order valence-corrected chi connectivity index (χ1v) is 6.06. The van der Waals surface area contributed by atoms with Gasteiger partial charge in [-0.2, -0.15) is 0 Å². The molecule has 0 saturated heterocycles. The summed E-state index contributed by atoms with van der Waals surface area (Å²) in [5.41, 5.74) is 1.24. The zero-order chi connectivity index (χ0) is 13.5. The van der Waals surface area contributed by atoms with Gasteiger partial charge in [-0.15, -0.1) is 0 Å². The maximum Gasteiger partial charge on any atom is 0.220 e. The van der Waals surface area contributed by atoms with E-state index in [1.165, 1.54) is 17.7 Å². The molecular weight excluding hydrogens is 228 g/mol. The van der Waals surface area contributed by atoms with Crippen molar-refractivity contribution >= 4 is 0 Å². The van der Waals surface area contributed by atoms with Crippen LogP contribution >= 0.6 is 0 Å².